The predicted octanol–water partition coefficient (Wildman–Crippen LogP) is 4.08. The van der Waals surface area contributed by atoms with E-state index in [-0.39, 0.29) is 5.54 Å². The maximum absolute atomic E-state index is 3.87. The van der Waals surface area contributed by atoms with Gasteiger partial charge in [-0.1, -0.05) is 37.4 Å². The van der Waals surface area contributed by atoms with E-state index < -0.39 is 0 Å². The van der Waals surface area contributed by atoms with Crippen LogP contribution < -0.4 is 4.90 Å². The average molecular weight is 201 g/mol. The van der Waals surface area contributed by atoms with Crippen molar-refractivity contribution < 1.29 is 0 Å². The molecule has 0 amide bonds. The maximum atomic E-state index is 3.87. The fourth-order valence-electron chi connectivity index (χ4n) is 1.61. The van der Waals surface area contributed by atoms with Gasteiger partial charge in [-0.15, -0.1) is 0 Å². The maximum Gasteiger partial charge on any atom is 0.0484 e. The van der Waals surface area contributed by atoms with E-state index in [1.54, 1.807) is 0 Å². The minimum Gasteiger partial charge on any atom is -0.343 e. The molecule has 0 radical (unpaired) electrons. The molecule has 0 aliphatic carbocycles. The molecule has 0 fully saturated rings. The summed E-state index contributed by atoms with van der Waals surface area (Å²) in [6.07, 6.45) is 3.74. The zero-order chi connectivity index (χ0) is 11.5. The fourth-order valence-corrected chi connectivity index (χ4v) is 1.61. The monoisotopic (exact) mass is 201 g/mol. The van der Waals surface area contributed by atoms with Crippen LogP contribution in [0.4, 0.5) is 5.69 Å². The van der Waals surface area contributed by atoms with E-state index in [4.69, 9.17) is 0 Å². The Kier molecular flexibility index (Phi) is 3.35. The zero-order valence-electron chi connectivity index (χ0n) is 9.83. The van der Waals surface area contributed by atoms with Gasteiger partial charge in [0.2, 0.25) is 0 Å². The molecule has 1 nitrogen and oxygen atoms in total. The van der Waals surface area contributed by atoms with Crippen molar-refractivity contribution in [2.75, 3.05) is 4.90 Å². The lowest BCUT2D eigenvalue weighted by Gasteiger charge is -2.35. The van der Waals surface area contributed by atoms with Crippen LogP contribution in [-0.2, 0) is 0 Å². The van der Waals surface area contributed by atoms with Crippen LogP contribution in [0.25, 0.3) is 6.08 Å². The lowest BCUT2D eigenvalue weighted by atomic mass is 10.0. The highest BCUT2D eigenvalue weighted by atomic mass is 15.2. The van der Waals surface area contributed by atoms with Crippen LogP contribution in [0.3, 0.4) is 0 Å². The van der Waals surface area contributed by atoms with E-state index in [0.717, 1.165) is 11.3 Å². The Morgan fingerprint density at radius 1 is 1.13 bits per heavy atom. The molecule has 0 saturated heterocycles. The van der Waals surface area contributed by atoms with E-state index in [1.807, 2.05) is 24.4 Å². The summed E-state index contributed by atoms with van der Waals surface area (Å²) < 4.78 is 0. The molecule has 0 aliphatic heterocycles. The Balaban J connectivity index is 3.23. The minimum absolute atomic E-state index is 0.0286. The highest BCUT2D eigenvalue weighted by Crippen LogP contribution is 2.28. The second-order valence-corrected chi connectivity index (χ2v) is 4.49. The van der Waals surface area contributed by atoms with Crippen molar-refractivity contribution in [3.63, 3.8) is 0 Å². The first-order valence-electron chi connectivity index (χ1n) is 5.14. The molecule has 0 saturated carbocycles. The van der Waals surface area contributed by atoms with Crippen LogP contribution in [0.15, 0.2) is 43.6 Å². The summed E-state index contributed by atoms with van der Waals surface area (Å²) in [5.41, 5.74) is 2.31. The molecule has 1 aromatic carbocycles. The van der Waals surface area contributed by atoms with Crippen LogP contribution >= 0.6 is 0 Å². The van der Waals surface area contributed by atoms with E-state index in [1.165, 1.54) is 0 Å². The van der Waals surface area contributed by atoms with Crippen molar-refractivity contribution in [3.05, 3.63) is 49.2 Å². The minimum atomic E-state index is 0.0286. The molecule has 80 valence electrons. The van der Waals surface area contributed by atoms with Crippen molar-refractivity contribution in [1.82, 2.24) is 0 Å². The molecule has 1 heteroatoms. The molecular formula is C14H19N. The zero-order valence-corrected chi connectivity index (χ0v) is 9.83. The SMILES string of the molecule is C=Cc1ccccc1N(C=C)C(C)(C)C. The van der Waals surface area contributed by atoms with E-state index in [0.29, 0.717) is 0 Å². The van der Waals surface area contributed by atoms with Gasteiger partial charge in [0.15, 0.2) is 0 Å². The number of hydrogen-bond donors (Lipinski definition) is 0. The quantitative estimate of drug-likeness (QED) is 0.712. The Labute approximate surface area is 92.7 Å². The summed E-state index contributed by atoms with van der Waals surface area (Å²) in [5.74, 6) is 0. The summed E-state index contributed by atoms with van der Waals surface area (Å²) in [5, 5.41) is 0. The number of nitrogens with zero attached hydrogens (tertiary/aromatic N) is 1. The third-order valence-electron chi connectivity index (χ3n) is 2.32. The topological polar surface area (TPSA) is 3.24 Å². The molecule has 1 rings (SSSR count). The molecular weight excluding hydrogens is 182 g/mol. The first-order valence-corrected chi connectivity index (χ1v) is 5.14. The van der Waals surface area contributed by atoms with E-state index >= 15 is 0 Å². The van der Waals surface area contributed by atoms with Gasteiger partial charge >= 0.3 is 0 Å². The molecule has 0 heterocycles. The number of para-hydroxylation sites is 1. The molecule has 15 heavy (non-hydrogen) atoms. The molecule has 0 bridgehead atoms. The second-order valence-electron chi connectivity index (χ2n) is 4.49. The third-order valence-corrected chi connectivity index (χ3v) is 2.32. The highest BCUT2D eigenvalue weighted by molar-refractivity contribution is 5.68. The third kappa shape index (κ3) is 2.50. The fraction of sp³-hybridized carbons (Fsp3) is 0.286. The Hall–Kier alpha value is -1.50. The van der Waals surface area contributed by atoms with Crippen LogP contribution in [0.2, 0.25) is 0 Å². The molecule has 0 unspecified atom stereocenters. The largest absolute Gasteiger partial charge is 0.343 e. The average Bonchev–Trinajstić information content (AvgIpc) is 2.17. The Morgan fingerprint density at radius 3 is 2.20 bits per heavy atom. The van der Waals surface area contributed by atoms with Gasteiger partial charge < -0.3 is 4.90 Å². The second kappa shape index (κ2) is 4.35. The van der Waals surface area contributed by atoms with Crippen molar-refractivity contribution in [1.29, 1.82) is 0 Å². The molecule has 0 aromatic heterocycles. The van der Waals surface area contributed by atoms with Crippen molar-refractivity contribution in [2.45, 2.75) is 26.3 Å². The van der Waals surface area contributed by atoms with Gasteiger partial charge in [0.1, 0.15) is 0 Å². The first kappa shape index (κ1) is 11.6. The number of hydrogen-bond acceptors (Lipinski definition) is 1. The van der Waals surface area contributed by atoms with Gasteiger partial charge in [-0.2, -0.15) is 0 Å². The summed E-state index contributed by atoms with van der Waals surface area (Å²) >= 11 is 0. The van der Waals surface area contributed by atoms with Crippen molar-refractivity contribution in [2.24, 2.45) is 0 Å². The van der Waals surface area contributed by atoms with Gasteiger partial charge in [-0.3, -0.25) is 0 Å². The highest BCUT2D eigenvalue weighted by Gasteiger charge is 2.20. The van der Waals surface area contributed by atoms with E-state index in [2.05, 4.69) is 51.0 Å². The summed E-state index contributed by atoms with van der Waals surface area (Å²) in [6, 6.07) is 8.20. The molecule has 0 N–H and O–H groups in total. The van der Waals surface area contributed by atoms with Crippen LogP contribution in [0, 0.1) is 0 Å². The number of anilines is 1. The normalized spacial score (nSPS) is 10.9. The summed E-state index contributed by atoms with van der Waals surface area (Å²) in [4.78, 5) is 2.16. The van der Waals surface area contributed by atoms with Crippen LogP contribution in [0.5, 0.6) is 0 Å². The lowest BCUT2D eigenvalue weighted by molar-refractivity contribution is 0.556. The van der Waals surface area contributed by atoms with E-state index in [9.17, 15) is 0 Å². The lowest BCUT2D eigenvalue weighted by Crippen LogP contribution is -2.37. The Morgan fingerprint density at radius 2 is 1.73 bits per heavy atom. The van der Waals surface area contributed by atoms with Gasteiger partial charge in [0, 0.05) is 11.2 Å². The molecule has 0 aliphatic rings. The predicted molar refractivity (Wildman–Crippen MR) is 69.0 cm³/mol. The number of benzene rings is 1. The van der Waals surface area contributed by atoms with Crippen LogP contribution in [0.1, 0.15) is 26.3 Å². The Bertz CT molecular complexity index is 358. The smallest absolute Gasteiger partial charge is 0.0484 e. The van der Waals surface area contributed by atoms with Crippen LogP contribution in [-0.4, -0.2) is 5.54 Å². The molecule has 0 atom stereocenters. The van der Waals surface area contributed by atoms with Gasteiger partial charge in [-0.05, 0) is 38.6 Å². The molecule has 0 spiro atoms. The van der Waals surface area contributed by atoms with Gasteiger partial charge in [0.25, 0.3) is 0 Å². The number of rotatable bonds is 3. The van der Waals surface area contributed by atoms with Gasteiger partial charge in [-0.25, -0.2) is 0 Å². The first-order chi connectivity index (χ1) is 7.00. The summed E-state index contributed by atoms with van der Waals surface area (Å²) in [7, 11) is 0. The van der Waals surface area contributed by atoms with Gasteiger partial charge in [0.05, 0.1) is 0 Å². The summed E-state index contributed by atoms with van der Waals surface area (Å²) in [6.45, 7) is 14.2. The van der Waals surface area contributed by atoms with Crippen molar-refractivity contribution >= 4 is 11.8 Å². The molecule has 1 aromatic rings. The standard InChI is InChI=1S/C14H19N/c1-6-12-10-8-9-11-13(12)15(7-2)14(3,4)5/h6-11H,1-2H2,3-5H3. The van der Waals surface area contributed by atoms with Crippen molar-refractivity contribution in [3.8, 4) is 0 Å².